The summed E-state index contributed by atoms with van der Waals surface area (Å²) in [6.45, 7) is 1.74. The Morgan fingerprint density at radius 1 is 1.07 bits per heavy atom. The van der Waals surface area contributed by atoms with E-state index in [9.17, 15) is 14.4 Å². The van der Waals surface area contributed by atoms with Crippen molar-refractivity contribution in [3.8, 4) is 11.5 Å². The highest BCUT2D eigenvalue weighted by atomic mass is 32.1. The monoisotopic (exact) mass is 414 g/mol. The number of hydrogen-bond donors (Lipinski definition) is 1. The lowest BCUT2D eigenvalue weighted by Crippen LogP contribution is -2.47. The molecule has 1 aromatic heterocycles. The van der Waals surface area contributed by atoms with Crippen LogP contribution >= 0.6 is 11.3 Å². The number of ether oxygens (including phenoxy) is 2. The maximum absolute atomic E-state index is 12.4. The SMILES string of the molecule is O=C(C(=O)N1CCC(CNC(=O)C2COc3ccccc3O2)CC1)c1cccs1. The van der Waals surface area contributed by atoms with Crippen molar-refractivity contribution >= 4 is 28.9 Å². The van der Waals surface area contributed by atoms with E-state index >= 15 is 0 Å². The maximum atomic E-state index is 12.4. The van der Waals surface area contributed by atoms with Gasteiger partial charge in [0.25, 0.3) is 17.6 Å². The van der Waals surface area contributed by atoms with Crippen molar-refractivity contribution in [1.29, 1.82) is 0 Å². The number of ketones is 1. The predicted molar refractivity (Wildman–Crippen MR) is 107 cm³/mol. The summed E-state index contributed by atoms with van der Waals surface area (Å²) in [5.74, 6) is 0.386. The molecule has 2 amide bonds. The minimum Gasteiger partial charge on any atom is -0.485 e. The number of piperidine rings is 1. The van der Waals surface area contributed by atoms with E-state index in [1.165, 1.54) is 11.3 Å². The summed E-state index contributed by atoms with van der Waals surface area (Å²) < 4.78 is 11.3. The van der Waals surface area contributed by atoms with Crippen LogP contribution in [0.25, 0.3) is 0 Å². The van der Waals surface area contributed by atoms with Crippen LogP contribution in [0.3, 0.4) is 0 Å². The molecule has 2 aromatic rings. The van der Waals surface area contributed by atoms with E-state index in [1.54, 1.807) is 28.5 Å². The summed E-state index contributed by atoms with van der Waals surface area (Å²) in [6, 6.07) is 10.7. The molecule has 29 heavy (non-hydrogen) atoms. The second-order valence-corrected chi connectivity index (χ2v) is 8.10. The average molecular weight is 414 g/mol. The van der Waals surface area contributed by atoms with Crippen LogP contribution in [0.15, 0.2) is 41.8 Å². The van der Waals surface area contributed by atoms with Crippen LogP contribution in [-0.2, 0) is 9.59 Å². The zero-order valence-electron chi connectivity index (χ0n) is 15.8. The van der Waals surface area contributed by atoms with Crippen molar-refractivity contribution < 1.29 is 23.9 Å². The molecule has 0 radical (unpaired) electrons. The smallest absolute Gasteiger partial charge is 0.295 e. The summed E-state index contributed by atoms with van der Waals surface area (Å²) in [6.07, 6.45) is 0.818. The molecule has 1 fully saturated rings. The Bertz CT molecular complexity index is 890. The molecule has 152 valence electrons. The van der Waals surface area contributed by atoms with E-state index in [0.717, 1.165) is 12.8 Å². The molecule has 4 rings (SSSR count). The summed E-state index contributed by atoms with van der Waals surface area (Å²) in [5.41, 5.74) is 0. The number of nitrogens with one attached hydrogen (secondary N) is 1. The number of Topliss-reactive ketones (excluding diaryl/α,β-unsaturated/α-hetero) is 1. The standard InChI is InChI=1S/C21H22N2O5S/c24-19(18-6-3-11-29-18)21(26)23-9-7-14(8-10-23)12-22-20(25)17-13-27-15-4-1-2-5-16(15)28-17/h1-6,11,14,17H,7-10,12-13H2,(H,22,25). The van der Waals surface area contributed by atoms with Crippen molar-refractivity contribution in [1.82, 2.24) is 10.2 Å². The fraction of sp³-hybridized carbons (Fsp3) is 0.381. The van der Waals surface area contributed by atoms with Crippen molar-refractivity contribution in [2.24, 2.45) is 5.92 Å². The normalized spacial score (nSPS) is 18.9. The van der Waals surface area contributed by atoms with Gasteiger partial charge in [0.05, 0.1) is 4.88 Å². The lowest BCUT2D eigenvalue weighted by Gasteiger charge is -2.32. The number of amides is 2. The molecule has 1 N–H and O–H groups in total. The first-order chi connectivity index (χ1) is 14.1. The van der Waals surface area contributed by atoms with E-state index in [-0.39, 0.29) is 18.4 Å². The molecule has 7 nitrogen and oxygen atoms in total. The molecule has 2 aliphatic heterocycles. The second-order valence-electron chi connectivity index (χ2n) is 7.15. The minimum absolute atomic E-state index is 0.181. The van der Waals surface area contributed by atoms with Crippen molar-refractivity contribution in [3.63, 3.8) is 0 Å². The highest BCUT2D eigenvalue weighted by Crippen LogP contribution is 2.30. The molecule has 0 spiro atoms. The van der Waals surface area contributed by atoms with Gasteiger partial charge >= 0.3 is 0 Å². The predicted octanol–water partition coefficient (Wildman–Crippen LogP) is 2.13. The summed E-state index contributed by atoms with van der Waals surface area (Å²) in [7, 11) is 0. The first-order valence-corrected chi connectivity index (χ1v) is 10.5. The van der Waals surface area contributed by atoms with Crippen LogP contribution in [0.4, 0.5) is 0 Å². The number of hydrogen-bond acceptors (Lipinski definition) is 6. The number of rotatable bonds is 5. The Balaban J connectivity index is 1.22. The summed E-state index contributed by atoms with van der Waals surface area (Å²) in [5, 5.41) is 4.72. The van der Waals surface area contributed by atoms with Crippen molar-refractivity contribution in [2.75, 3.05) is 26.2 Å². The van der Waals surface area contributed by atoms with Gasteiger partial charge in [0.1, 0.15) is 6.61 Å². The van der Waals surface area contributed by atoms with Crippen molar-refractivity contribution in [2.45, 2.75) is 18.9 Å². The molecule has 3 heterocycles. The van der Waals surface area contributed by atoms with Gasteiger partial charge in [-0.15, -0.1) is 11.3 Å². The fourth-order valence-corrected chi connectivity index (χ4v) is 4.16. The number of carbonyl (C=O) groups excluding carboxylic acids is 3. The molecule has 1 aromatic carbocycles. The van der Waals surface area contributed by atoms with E-state index in [0.29, 0.717) is 36.0 Å². The van der Waals surface area contributed by atoms with E-state index in [4.69, 9.17) is 9.47 Å². The minimum atomic E-state index is -0.671. The van der Waals surface area contributed by atoms with Crippen LogP contribution in [0, 0.1) is 5.92 Å². The van der Waals surface area contributed by atoms with Crippen LogP contribution < -0.4 is 14.8 Å². The van der Waals surface area contributed by atoms with Gasteiger partial charge in [-0.3, -0.25) is 14.4 Å². The van der Waals surface area contributed by atoms with Crippen molar-refractivity contribution in [3.05, 3.63) is 46.7 Å². The molecule has 1 unspecified atom stereocenters. The summed E-state index contributed by atoms with van der Waals surface area (Å²) in [4.78, 5) is 39.1. The third-order valence-corrected chi connectivity index (χ3v) is 6.08. The van der Waals surface area contributed by atoms with Gasteiger partial charge in [-0.1, -0.05) is 18.2 Å². The summed E-state index contributed by atoms with van der Waals surface area (Å²) >= 11 is 1.28. The Kier molecular flexibility index (Phi) is 5.80. The average Bonchev–Trinajstić information content (AvgIpc) is 3.31. The van der Waals surface area contributed by atoms with Gasteiger partial charge in [-0.25, -0.2) is 0 Å². The van der Waals surface area contributed by atoms with Crippen LogP contribution in [0.2, 0.25) is 0 Å². The van der Waals surface area contributed by atoms with E-state index in [1.807, 2.05) is 18.2 Å². The Morgan fingerprint density at radius 2 is 1.83 bits per heavy atom. The van der Waals surface area contributed by atoms with Crippen LogP contribution in [0.5, 0.6) is 11.5 Å². The fourth-order valence-electron chi connectivity index (χ4n) is 3.50. The molecule has 0 saturated carbocycles. The topological polar surface area (TPSA) is 84.9 Å². The molecular weight excluding hydrogens is 392 g/mol. The molecule has 0 aliphatic carbocycles. The molecule has 1 saturated heterocycles. The quantitative estimate of drug-likeness (QED) is 0.599. The number of nitrogens with zero attached hydrogens (tertiary/aromatic N) is 1. The van der Waals surface area contributed by atoms with E-state index in [2.05, 4.69) is 5.32 Å². The Morgan fingerprint density at radius 3 is 2.55 bits per heavy atom. The largest absolute Gasteiger partial charge is 0.485 e. The maximum Gasteiger partial charge on any atom is 0.295 e. The molecule has 8 heteroatoms. The number of likely N-dealkylation sites (tertiary alicyclic amines) is 1. The first-order valence-electron chi connectivity index (χ1n) is 9.65. The molecule has 0 bridgehead atoms. The number of fused-ring (bicyclic) bond motifs is 1. The highest BCUT2D eigenvalue weighted by Gasteiger charge is 2.30. The second kappa shape index (κ2) is 8.65. The molecule has 1 atom stereocenters. The lowest BCUT2D eigenvalue weighted by molar-refractivity contribution is -0.131. The van der Waals surface area contributed by atoms with Gasteiger partial charge in [0.15, 0.2) is 11.5 Å². The third-order valence-electron chi connectivity index (χ3n) is 5.21. The highest BCUT2D eigenvalue weighted by molar-refractivity contribution is 7.13. The molecular formula is C21H22N2O5S. The zero-order chi connectivity index (χ0) is 20.2. The van der Waals surface area contributed by atoms with E-state index < -0.39 is 17.8 Å². The third kappa shape index (κ3) is 4.42. The first kappa shape index (κ1) is 19.4. The number of thiophene rings is 1. The van der Waals surface area contributed by atoms with Gasteiger partial charge < -0.3 is 19.7 Å². The number of carbonyl (C=O) groups is 3. The van der Waals surface area contributed by atoms with Crippen LogP contribution in [0.1, 0.15) is 22.5 Å². The van der Waals surface area contributed by atoms with Gasteiger partial charge in [-0.2, -0.15) is 0 Å². The Labute approximate surface area is 172 Å². The van der Waals surface area contributed by atoms with Gasteiger partial charge in [0, 0.05) is 19.6 Å². The zero-order valence-corrected chi connectivity index (χ0v) is 16.7. The Hall–Kier alpha value is -2.87. The number of para-hydroxylation sites is 2. The lowest BCUT2D eigenvalue weighted by atomic mass is 9.96. The number of benzene rings is 1. The van der Waals surface area contributed by atoms with Crippen LogP contribution in [-0.4, -0.2) is 54.8 Å². The molecule has 2 aliphatic rings. The van der Waals surface area contributed by atoms with Gasteiger partial charge in [0.2, 0.25) is 6.10 Å². The van der Waals surface area contributed by atoms with Gasteiger partial charge in [-0.05, 0) is 42.3 Å².